The van der Waals surface area contributed by atoms with Crippen molar-refractivity contribution in [2.24, 2.45) is 0 Å². The predicted molar refractivity (Wildman–Crippen MR) is 113 cm³/mol. The van der Waals surface area contributed by atoms with Gasteiger partial charge in [0, 0.05) is 12.7 Å². The van der Waals surface area contributed by atoms with Crippen molar-refractivity contribution in [3.8, 4) is 0 Å². The molecule has 1 N–H and O–H groups in total. The van der Waals surface area contributed by atoms with Crippen LogP contribution in [0.5, 0.6) is 0 Å². The maximum absolute atomic E-state index is 12.9. The standard InChI is InChI=1S/C22H24N2O3S/c1-4-17-11-7-8-16(2)22(17)23-21(25)15-24(3)28(26,27)20-13-12-18-9-5-6-10-19(18)14-20/h5-14H,4,15H2,1-3H3,(H,23,25). The number of amides is 1. The number of carbonyl (C=O) groups is 1. The van der Waals surface area contributed by atoms with Crippen molar-refractivity contribution < 1.29 is 13.2 Å². The summed E-state index contributed by atoms with van der Waals surface area (Å²) in [4.78, 5) is 12.7. The number of likely N-dealkylation sites (N-methyl/N-ethyl adjacent to an activating group) is 1. The lowest BCUT2D eigenvalue weighted by Gasteiger charge is -2.19. The van der Waals surface area contributed by atoms with E-state index in [4.69, 9.17) is 0 Å². The summed E-state index contributed by atoms with van der Waals surface area (Å²) in [5.74, 6) is -0.365. The van der Waals surface area contributed by atoms with Crippen molar-refractivity contribution in [1.29, 1.82) is 0 Å². The van der Waals surface area contributed by atoms with Gasteiger partial charge in [-0.05, 0) is 47.4 Å². The second kappa shape index (κ2) is 8.12. The molecule has 0 spiro atoms. The monoisotopic (exact) mass is 396 g/mol. The van der Waals surface area contributed by atoms with E-state index < -0.39 is 10.0 Å². The van der Waals surface area contributed by atoms with Gasteiger partial charge in [-0.2, -0.15) is 4.31 Å². The Balaban J connectivity index is 1.79. The Morgan fingerprint density at radius 3 is 2.43 bits per heavy atom. The molecule has 0 saturated carbocycles. The Bertz CT molecular complexity index is 1120. The first kappa shape index (κ1) is 20.0. The minimum absolute atomic E-state index is 0.173. The van der Waals surface area contributed by atoms with Gasteiger partial charge in [-0.3, -0.25) is 4.79 Å². The predicted octanol–water partition coefficient (Wildman–Crippen LogP) is 3.97. The van der Waals surface area contributed by atoms with Gasteiger partial charge >= 0.3 is 0 Å². The van der Waals surface area contributed by atoms with Gasteiger partial charge in [0.15, 0.2) is 0 Å². The van der Waals surface area contributed by atoms with Crippen LogP contribution in [0.1, 0.15) is 18.1 Å². The Kier molecular flexibility index (Phi) is 5.82. The number of para-hydroxylation sites is 1. The third-order valence-corrected chi connectivity index (χ3v) is 6.60. The summed E-state index contributed by atoms with van der Waals surface area (Å²) >= 11 is 0. The van der Waals surface area contributed by atoms with E-state index in [1.165, 1.54) is 7.05 Å². The Hall–Kier alpha value is -2.70. The average Bonchev–Trinajstić information content (AvgIpc) is 2.69. The molecule has 0 aliphatic carbocycles. The lowest BCUT2D eigenvalue weighted by atomic mass is 10.1. The molecule has 0 heterocycles. The number of nitrogens with one attached hydrogen (secondary N) is 1. The van der Waals surface area contributed by atoms with Crippen molar-refractivity contribution in [1.82, 2.24) is 4.31 Å². The minimum Gasteiger partial charge on any atom is -0.324 e. The van der Waals surface area contributed by atoms with Crippen LogP contribution in [0.4, 0.5) is 5.69 Å². The first-order valence-corrected chi connectivity index (χ1v) is 10.6. The molecule has 0 bridgehead atoms. The smallest absolute Gasteiger partial charge is 0.243 e. The van der Waals surface area contributed by atoms with E-state index in [1.807, 2.05) is 56.3 Å². The molecule has 0 radical (unpaired) electrons. The molecule has 0 unspecified atom stereocenters. The normalized spacial score (nSPS) is 11.7. The van der Waals surface area contributed by atoms with Crippen LogP contribution in [-0.2, 0) is 21.2 Å². The molecule has 0 fully saturated rings. The molecule has 3 aromatic carbocycles. The van der Waals surface area contributed by atoms with E-state index in [1.54, 1.807) is 18.2 Å². The van der Waals surface area contributed by atoms with Gasteiger partial charge in [-0.15, -0.1) is 0 Å². The molecule has 5 nitrogen and oxygen atoms in total. The van der Waals surface area contributed by atoms with E-state index in [-0.39, 0.29) is 17.3 Å². The molecule has 1 amide bonds. The first-order chi connectivity index (χ1) is 13.3. The van der Waals surface area contributed by atoms with Crippen molar-refractivity contribution in [2.45, 2.75) is 25.2 Å². The van der Waals surface area contributed by atoms with Crippen molar-refractivity contribution in [3.63, 3.8) is 0 Å². The second-order valence-electron chi connectivity index (χ2n) is 6.78. The number of nitrogens with zero attached hydrogens (tertiary/aromatic N) is 1. The van der Waals surface area contributed by atoms with Crippen LogP contribution in [0.15, 0.2) is 65.6 Å². The van der Waals surface area contributed by atoms with Crippen LogP contribution >= 0.6 is 0 Å². The minimum atomic E-state index is -3.77. The summed E-state index contributed by atoms with van der Waals surface area (Å²) in [7, 11) is -2.35. The topological polar surface area (TPSA) is 66.5 Å². The highest BCUT2D eigenvalue weighted by molar-refractivity contribution is 7.89. The lowest BCUT2D eigenvalue weighted by Crippen LogP contribution is -2.35. The number of benzene rings is 3. The fourth-order valence-electron chi connectivity index (χ4n) is 3.18. The van der Waals surface area contributed by atoms with Gasteiger partial charge in [-0.1, -0.05) is 55.5 Å². The van der Waals surface area contributed by atoms with E-state index in [0.717, 1.165) is 38.3 Å². The van der Waals surface area contributed by atoms with Gasteiger partial charge in [0.25, 0.3) is 0 Å². The van der Waals surface area contributed by atoms with Crippen LogP contribution in [0.2, 0.25) is 0 Å². The largest absolute Gasteiger partial charge is 0.324 e. The summed E-state index contributed by atoms with van der Waals surface area (Å²) < 4.78 is 26.9. The summed E-state index contributed by atoms with van der Waals surface area (Å²) in [6, 6.07) is 18.4. The van der Waals surface area contributed by atoms with Crippen molar-refractivity contribution >= 4 is 32.4 Å². The van der Waals surface area contributed by atoms with Crippen LogP contribution in [0, 0.1) is 6.92 Å². The number of fused-ring (bicyclic) bond motifs is 1. The quantitative estimate of drug-likeness (QED) is 0.686. The summed E-state index contributed by atoms with van der Waals surface area (Å²) in [6.45, 7) is 3.68. The summed E-state index contributed by atoms with van der Waals surface area (Å²) in [5, 5.41) is 4.68. The van der Waals surface area contributed by atoms with Gasteiger partial charge in [0.2, 0.25) is 15.9 Å². The van der Waals surface area contributed by atoms with E-state index >= 15 is 0 Å². The molecule has 0 aliphatic rings. The van der Waals surface area contributed by atoms with Crippen LogP contribution in [0.3, 0.4) is 0 Å². The van der Waals surface area contributed by atoms with Crippen LogP contribution in [0.25, 0.3) is 10.8 Å². The van der Waals surface area contributed by atoms with Gasteiger partial charge in [-0.25, -0.2) is 8.42 Å². The number of carbonyl (C=O) groups excluding carboxylic acids is 1. The van der Waals surface area contributed by atoms with E-state index in [9.17, 15) is 13.2 Å². The highest BCUT2D eigenvalue weighted by atomic mass is 32.2. The molecular weight excluding hydrogens is 372 g/mol. The molecule has 3 rings (SSSR count). The number of aryl methyl sites for hydroxylation is 2. The number of anilines is 1. The fourth-order valence-corrected chi connectivity index (χ4v) is 4.34. The molecule has 0 atom stereocenters. The molecule has 3 aromatic rings. The van der Waals surface area contributed by atoms with Crippen LogP contribution in [-0.4, -0.2) is 32.2 Å². The first-order valence-electron chi connectivity index (χ1n) is 9.16. The zero-order chi connectivity index (χ0) is 20.3. The third-order valence-electron chi connectivity index (χ3n) is 4.80. The fraction of sp³-hybridized carbons (Fsp3) is 0.227. The number of sulfonamides is 1. The van der Waals surface area contributed by atoms with Crippen molar-refractivity contribution in [2.75, 3.05) is 18.9 Å². The molecule has 146 valence electrons. The SMILES string of the molecule is CCc1cccc(C)c1NC(=O)CN(C)S(=O)(=O)c1ccc2ccccc2c1. The van der Waals surface area contributed by atoms with Crippen molar-refractivity contribution in [3.05, 3.63) is 71.8 Å². The highest BCUT2D eigenvalue weighted by Crippen LogP contribution is 2.23. The number of rotatable bonds is 6. The average molecular weight is 397 g/mol. The third kappa shape index (κ3) is 4.08. The van der Waals surface area contributed by atoms with E-state index in [0.29, 0.717) is 0 Å². The highest BCUT2D eigenvalue weighted by Gasteiger charge is 2.23. The zero-order valence-electron chi connectivity index (χ0n) is 16.3. The Labute approximate surface area is 166 Å². The summed E-state index contributed by atoms with van der Waals surface area (Å²) in [5.41, 5.74) is 2.73. The number of hydrogen-bond acceptors (Lipinski definition) is 3. The van der Waals surface area contributed by atoms with Crippen LogP contribution < -0.4 is 5.32 Å². The molecule has 0 saturated heterocycles. The van der Waals surface area contributed by atoms with Gasteiger partial charge in [0.1, 0.15) is 0 Å². The Morgan fingerprint density at radius 1 is 1.00 bits per heavy atom. The molecule has 6 heteroatoms. The van der Waals surface area contributed by atoms with Gasteiger partial charge < -0.3 is 5.32 Å². The molecule has 0 aliphatic heterocycles. The second-order valence-corrected chi connectivity index (χ2v) is 8.83. The van der Waals surface area contributed by atoms with Gasteiger partial charge in [0.05, 0.1) is 11.4 Å². The maximum Gasteiger partial charge on any atom is 0.243 e. The zero-order valence-corrected chi connectivity index (χ0v) is 17.1. The lowest BCUT2D eigenvalue weighted by molar-refractivity contribution is -0.116. The maximum atomic E-state index is 12.9. The summed E-state index contributed by atoms with van der Waals surface area (Å²) in [6.07, 6.45) is 0.780. The molecule has 0 aromatic heterocycles. The Morgan fingerprint density at radius 2 is 1.71 bits per heavy atom. The van der Waals surface area contributed by atoms with E-state index in [2.05, 4.69) is 5.32 Å². The molecular formula is C22H24N2O3S. The molecule has 28 heavy (non-hydrogen) atoms. The number of hydrogen-bond donors (Lipinski definition) is 1.